The number of hydrogen-bond acceptors (Lipinski definition) is 4. The maximum absolute atomic E-state index is 13.5. The molecular weight excluding hydrogens is 486 g/mol. The number of carbonyl (C=O) groups excluding carboxylic acids is 2. The molecule has 0 aliphatic carbocycles. The largest absolute Gasteiger partial charge is 0.449 e. The van der Waals surface area contributed by atoms with Crippen LogP contribution in [0.3, 0.4) is 0 Å². The minimum atomic E-state index is -0.195. The van der Waals surface area contributed by atoms with Crippen molar-refractivity contribution in [3.63, 3.8) is 0 Å². The fourth-order valence-corrected chi connectivity index (χ4v) is 5.27. The number of piperidine rings is 1. The third-order valence-electron chi connectivity index (χ3n) is 7.44. The molecule has 0 spiro atoms. The van der Waals surface area contributed by atoms with Gasteiger partial charge in [0.25, 0.3) is 11.8 Å². The monoisotopic (exact) mass is 523 g/mol. The normalized spacial score (nSPS) is 18.5. The average molecular weight is 524 g/mol. The van der Waals surface area contributed by atoms with Gasteiger partial charge in [0.1, 0.15) is 0 Å². The van der Waals surface area contributed by atoms with Crippen LogP contribution in [0.5, 0.6) is 5.75 Å². The molecule has 0 bridgehead atoms. The smallest absolute Gasteiger partial charge is 0.294 e. The highest BCUT2D eigenvalue weighted by molar-refractivity contribution is 6.09. The summed E-state index contributed by atoms with van der Waals surface area (Å²) in [5, 5.41) is 3.03. The van der Waals surface area contributed by atoms with Crippen LogP contribution in [0.25, 0.3) is 6.08 Å². The molecule has 0 unspecified atom stereocenters. The number of ether oxygens (including phenoxy) is 1. The fraction of sp³-hybridized carbons (Fsp3) is 0.333. The Kier molecular flexibility index (Phi) is 8.42. The standard InChI is InChI=1S/C33H37N3O3/c1-24-10-12-27(13-11-24)23-36-29-8-3-4-9-30(29)39-31(33(36)38)21-26-14-16-28(17-15-26)32(37)34-18-6-20-35-19-5-7-25(2)22-35/h3-4,8-17,21,25H,5-7,18-20,22-23H2,1-2H3,(H,34,37)/b31-21+/t25-/m0/s1. The zero-order valence-electron chi connectivity index (χ0n) is 22.9. The number of nitrogens with zero attached hydrogens (tertiary/aromatic N) is 2. The summed E-state index contributed by atoms with van der Waals surface area (Å²) >= 11 is 0. The Hall–Kier alpha value is -3.90. The van der Waals surface area contributed by atoms with Gasteiger partial charge in [-0.3, -0.25) is 14.5 Å². The van der Waals surface area contributed by atoms with Crippen LogP contribution in [0.4, 0.5) is 5.69 Å². The number of likely N-dealkylation sites (tertiary alicyclic amines) is 1. The Balaban J connectivity index is 1.22. The summed E-state index contributed by atoms with van der Waals surface area (Å²) in [6, 6.07) is 23.0. The van der Waals surface area contributed by atoms with Crippen molar-refractivity contribution in [2.24, 2.45) is 5.92 Å². The number of fused-ring (bicyclic) bond motifs is 1. The van der Waals surface area contributed by atoms with E-state index in [0.717, 1.165) is 48.8 Å². The first-order valence-corrected chi connectivity index (χ1v) is 13.9. The molecule has 0 aromatic heterocycles. The van der Waals surface area contributed by atoms with Crippen molar-refractivity contribution in [3.8, 4) is 5.75 Å². The number of nitrogens with one attached hydrogen (secondary N) is 1. The lowest BCUT2D eigenvalue weighted by Crippen LogP contribution is -2.36. The van der Waals surface area contributed by atoms with Crippen LogP contribution >= 0.6 is 0 Å². The molecule has 0 saturated carbocycles. The zero-order chi connectivity index (χ0) is 27.2. The molecule has 39 heavy (non-hydrogen) atoms. The first kappa shape index (κ1) is 26.7. The maximum atomic E-state index is 13.5. The minimum absolute atomic E-state index is 0.0793. The number of carbonyl (C=O) groups is 2. The van der Waals surface area contributed by atoms with Gasteiger partial charge in [-0.15, -0.1) is 0 Å². The second-order valence-electron chi connectivity index (χ2n) is 10.7. The number of anilines is 1. The van der Waals surface area contributed by atoms with E-state index in [1.54, 1.807) is 23.1 Å². The van der Waals surface area contributed by atoms with Gasteiger partial charge < -0.3 is 15.0 Å². The summed E-state index contributed by atoms with van der Waals surface area (Å²) in [6.45, 7) is 8.81. The molecule has 1 atom stereocenters. The molecule has 3 aromatic rings. The SMILES string of the molecule is Cc1ccc(CN2C(=O)/C(=C\c3ccc(C(=O)NCCCN4CCC[C@H](C)C4)cc3)Oc3ccccc32)cc1. The zero-order valence-corrected chi connectivity index (χ0v) is 22.9. The third kappa shape index (κ3) is 6.76. The van der Waals surface area contributed by atoms with Crippen molar-refractivity contribution >= 4 is 23.6 Å². The molecule has 6 nitrogen and oxygen atoms in total. The minimum Gasteiger partial charge on any atom is -0.449 e. The van der Waals surface area contributed by atoms with Crippen LogP contribution in [0, 0.1) is 12.8 Å². The molecule has 5 rings (SSSR count). The Morgan fingerprint density at radius 3 is 2.59 bits per heavy atom. The highest BCUT2D eigenvalue weighted by atomic mass is 16.5. The molecule has 3 aromatic carbocycles. The topological polar surface area (TPSA) is 61.9 Å². The van der Waals surface area contributed by atoms with Gasteiger partial charge in [-0.2, -0.15) is 0 Å². The van der Waals surface area contributed by atoms with Gasteiger partial charge in [0, 0.05) is 18.7 Å². The van der Waals surface area contributed by atoms with Crippen molar-refractivity contribution in [3.05, 3.63) is 101 Å². The van der Waals surface area contributed by atoms with Gasteiger partial charge in [0.15, 0.2) is 11.5 Å². The molecule has 202 valence electrons. The van der Waals surface area contributed by atoms with Gasteiger partial charge in [0.05, 0.1) is 12.2 Å². The van der Waals surface area contributed by atoms with Crippen molar-refractivity contribution in [2.75, 3.05) is 31.1 Å². The number of benzene rings is 3. The summed E-state index contributed by atoms with van der Waals surface area (Å²) < 4.78 is 6.02. The Morgan fingerprint density at radius 2 is 1.82 bits per heavy atom. The summed E-state index contributed by atoms with van der Waals surface area (Å²) in [6.07, 6.45) is 5.27. The van der Waals surface area contributed by atoms with E-state index >= 15 is 0 Å². The van der Waals surface area contributed by atoms with Gasteiger partial charge in [-0.05, 0) is 86.7 Å². The van der Waals surface area contributed by atoms with E-state index < -0.39 is 0 Å². The molecule has 6 heteroatoms. The molecule has 1 fully saturated rings. The predicted octanol–water partition coefficient (Wildman–Crippen LogP) is 5.81. The number of rotatable bonds is 8. The lowest BCUT2D eigenvalue weighted by atomic mass is 10.0. The van der Waals surface area contributed by atoms with Crippen molar-refractivity contribution in [2.45, 2.75) is 39.7 Å². The van der Waals surface area contributed by atoms with Crippen LogP contribution in [0.2, 0.25) is 0 Å². The van der Waals surface area contributed by atoms with Crippen LogP contribution in [-0.2, 0) is 11.3 Å². The molecule has 2 heterocycles. The number of para-hydroxylation sites is 2. The van der Waals surface area contributed by atoms with Crippen molar-refractivity contribution < 1.29 is 14.3 Å². The summed E-state index contributed by atoms with van der Waals surface area (Å²) in [4.78, 5) is 30.4. The van der Waals surface area contributed by atoms with E-state index in [-0.39, 0.29) is 17.6 Å². The van der Waals surface area contributed by atoms with E-state index in [4.69, 9.17) is 4.74 Å². The summed E-state index contributed by atoms with van der Waals surface area (Å²) in [5.74, 6) is 1.39. The third-order valence-corrected chi connectivity index (χ3v) is 7.44. The van der Waals surface area contributed by atoms with Gasteiger partial charge in [-0.1, -0.05) is 61.0 Å². The molecule has 2 aliphatic heterocycles. The van der Waals surface area contributed by atoms with E-state index in [9.17, 15) is 9.59 Å². The fourth-order valence-electron chi connectivity index (χ4n) is 5.27. The second kappa shape index (κ2) is 12.3. The summed E-state index contributed by atoms with van der Waals surface area (Å²) in [7, 11) is 0. The predicted molar refractivity (Wildman–Crippen MR) is 156 cm³/mol. The number of aryl methyl sites for hydroxylation is 1. The van der Waals surface area contributed by atoms with Crippen LogP contribution in [0.15, 0.2) is 78.6 Å². The molecule has 1 N–H and O–H groups in total. The first-order valence-electron chi connectivity index (χ1n) is 13.9. The van der Waals surface area contributed by atoms with Crippen LogP contribution < -0.4 is 15.0 Å². The lowest BCUT2D eigenvalue weighted by molar-refractivity contribution is -0.117. The van der Waals surface area contributed by atoms with Gasteiger partial charge in [-0.25, -0.2) is 0 Å². The van der Waals surface area contributed by atoms with E-state index in [0.29, 0.717) is 24.4 Å². The van der Waals surface area contributed by atoms with Crippen LogP contribution in [0.1, 0.15) is 53.2 Å². The quantitative estimate of drug-likeness (QED) is 0.299. The Morgan fingerprint density at radius 1 is 1.05 bits per heavy atom. The molecule has 0 radical (unpaired) electrons. The van der Waals surface area contributed by atoms with E-state index in [2.05, 4.69) is 29.3 Å². The molecular formula is C33H37N3O3. The van der Waals surface area contributed by atoms with Crippen LogP contribution in [-0.4, -0.2) is 42.9 Å². The number of amides is 2. The molecule has 2 amide bonds. The first-order chi connectivity index (χ1) is 19.0. The molecule has 2 aliphatic rings. The van der Waals surface area contributed by atoms with Crippen molar-refractivity contribution in [1.29, 1.82) is 0 Å². The average Bonchev–Trinajstić information content (AvgIpc) is 2.95. The van der Waals surface area contributed by atoms with Crippen molar-refractivity contribution in [1.82, 2.24) is 10.2 Å². The van der Waals surface area contributed by atoms with Gasteiger partial charge in [0.2, 0.25) is 0 Å². The molecule has 1 saturated heterocycles. The Labute approximate surface area is 231 Å². The Bertz CT molecular complexity index is 1330. The number of hydrogen-bond donors (Lipinski definition) is 1. The maximum Gasteiger partial charge on any atom is 0.294 e. The highest BCUT2D eigenvalue weighted by Gasteiger charge is 2.30. The van der Waals surface area contributed by atoms with E-state index in [1.807, 2.05) is 55.5 Å². The van der Waals surface area contributed by atoms with Gasteiger partial charge >= 0.3 is 0 Å². The summed E-state index contributed by atoms with van der Waals surface area (Å²) in [5.41, 5.74) is 4.37. The second-order valence-corrected chi connectivity index (χ2v) is 10.7. The highest BCUT2D eigenvalue weighted by Crippen LogP contribution is 2.36. The lowest BCUT2D eigenvalue weighted by Gasteiger charge is -2.30. The van der Waals surface area contributed by atoms with E-state index in [1.165, 1.54) is 18.4 Å².